The number of benzene rings is 1. The zero-order valence-electron chi connectivity index (χ0n) is 17.6. The van der Waals surface area contributed by atoms with Crippen LogP contribution in [0.5, 0.6) is 5.75 Å². The van der Waals surface area contributed by atoms with Crippen molar-refractivity contribution in [2.75, 3.05) is 7.11 Å². The highest BCUT2D eigenvalue weighted by Crippen LogP contribution is 2.34. The molecule has 3 rings (SSSR count). The summed E-state index contributed by atoms with van der Waals surface area (Å²) in [6.07, 6.45) is 6.47. The van der Waals surface area contributed by atoms with Gasteiger partial charge in [-0.15, -0.1) is 11.3 Å². The van der Waals surface area contributed by atoms with Crippen molar-refractivity contribution in [2.24, 2.45) is 5.92 Å². The molecule has 0 fully saturated rings. The number of amides is 1. The molecule has 0 saturated carbocycles. The molecule has 2 atom stereocenters. The van der Waals surface area contributed by atoms with Crippen LogP contribution in [0.1, 0.15) is 45.2 Å². The van der Waals surface area contributed by atoms with Gasteiger partial charge in [-0.2, -0.15) is 0 Å². The average Bonchev–Trinajstić information content (AvgIpc) is 3.05. The summed E-state index contributed by atoms with van der Waals surface area (Å²) in [7, 11) is 1.64. The average molecular weight is 413 g/mol. The number of thiazole rings is 1. The van der Waals surface area contributed by atoms with Gasteiger partial charge in [0, 0.05) is 0 Å². The summed E-state index contributed by atoms with van der Waals surface area (Å²) in [5.74, 6) is 1.11. The molecular formula is C23H28N2O3S. The second-order valence-electron chi connectivity index (χ2n) is 8.23. The van der Waals surface area contributed by atoms with Crippen molar-refractivity contribution in [2.45, 2.75) is 45.8 Å². The first kappa shape index (κ1) is 21.1. The van der Waals surface area contributed by atoms with Crippen LogP contribution >= 0.6 is 11.3 Å². The summed E-state index contributed by atoms with van der Waals surface area (Å²) >= 11 is 1.55. The lowest BCUT2D eigenvalue weighted by molar-refractivity contribution is 0.0503. The lowest BCUT2D eigenvalue weighted by atomic mass is 9.91. The number of fused-ring (bicyclic) bond motifs is 1. The van der Waals surface area contributed by atoms with E-state index in [2.05, 4.69) is 37.0 Å². The van der Waals surface area contributed by atoms with Gasteiger partial charge in [-0.05, 0) is 62.5 Å². The number of nitrogens with one attached hydrogen (secondary N) is 1. The number of carbonyl (C=O) groups excluding carboxylic acids is 1. The van der Waals surface area contributed by atoms with E-state index in [1.165, 1.54) is 0 Å². The Morgan fingerprint density at radius 1 is 1.38 bits per heavy atom. The van der Waals surface area contributed by atoms with E-state index in [9.17, 15) is 4.79 Å². The molecule has 5 nitrogen and oxygen atoms in total. The van der Waals surface area contributed by atoms with Gasteiger partial charge in [0.2, 0.25) is 0 Å². The van der Waals surface area contributed by atoms with Crippen molar-refractivity contribution in [3.63, 3.8) is 0 Å². The summed E-state index contributed by atoms with van der Waals surface area (Å²) in [6, 6.07) is 5.48. The molecule has 0 radical (unpaired) electrons. The van der Waals surface area contributed by atoms with Gasteiger partial charge in [-0.1, -0.05) is 31.7 Å². The Balaban J connectivity index is 1.89. The van der Waals surface area contributed by atoms with E-state index >= 15 is 0 Å². The second kappa shape index (κ2) is 8.41. The zero-order chi connectivity index (χ0) is 21.2. The van der Waals surface area contributed by atoms with E-state index in [0.717, 1.165) is 32.1 Å². The highest BCUT2D eigenvalue weighted by atomic mass is 32.1. The molecule has 1 N–H and O–H groups in total. The molecule has 0 spiro atoms. The van der Waals surface area contributed by atoms with E-state index < -0.39 is 11.7 Å². The summed E-state index contributed by atoms with van der Waals surface area (Å²) in [5.41, 5.74) is 2.48. The first-order valence-corrected chi connectivity index (χ1v) is 10.5. The van der Waals surface area contributed by atoms with Gasteiger partial charge < -0.3 is 14.8 Å². The molecule has 29 heavy (non-hydrogen) atoms. The molecule has 2 aromatic rings. The number of nitrogens with zero attached hydrogens (tertiary/aromatic N) is 1. The normalized spacial score (nSPS) is 17.8. The third kappa shape index (κ3) is 5.48. The minimum atomic E-state index is -0.566. The van der Waals surface area contributed by atoms with Crippen LogP contribution in [-0.4, -0.2) is 23.8 Å². The number of methoxy groups -OCH3 is 1. The lowest BCUT2D eigenvalue weighted by Gasteiger charge is -2.24. The Kier molecular flexibility index (Phi) is 6.13. The van der Waals surface area contributed by atoms with Crippen molar-refractivity contribution >= 4 is 27.6 Å². The number of alkyl carbamates (subject to hydrolysis) is 1. The minimum Gasteiger partial charge on any atom is -0.497 e. The first-order chi connectivity index (χ1) is 13.6. The predicted octanol–water partition coefficient (Wildman–Crippen LogP) is 5.95. The van der Waals surface area contributed by atoms with Crippen LogP contribution in [0.25, 0.3) is 10.2 Å². The van der Waals surface area contributed by atoms with Crippen molar-refractivity contribution in [3.8, 4) is 5.75 Å². The Morgan fingerprint density at radius 2 is 2.14 bits per heavy atom. The number of hydrogen-bond acceptors (Lipinski definition) is 5. The molecule has 1 aliphatic carbocycles. The third-order valence-electron chi connectivity index (χ3n) is 4.60. The maximum Gasteiger partial charge on any atom is 0.408 e. The molecule has 0 aliphatic heterocycles. The number of ether oxygens (including phenoxy) is 2. The molecule has 6 heteroatoms. The van der Waals surface area contributed by atoms with Gasteiger partial charge in [-0.3, -0.25) is 0 Å². The number of aromatic nitrogens is 1. The van der Waals surface area contributed by atoms with Crippen molar-refractivity contribution in [1.29, 1.82) is 0 Å². The number of allylic oxidation sites excluding steroid dienone is 4. The first-order valence-electron chi connectivity index (χ1n) is 9.66. The van der Waals surface area contributed by atoms with Crippen LogP contribution in [0.4, 0.5) is 4.79 Å². The van der Waals surface area contributed by atoms with Crippen LogP contribution in [-0.2, 0) is 4.74 Å². The Labute approximate surface area is 176 Å². The number of carbonyl (C=O) groups is 1. The van der Waals surface area contributed by atoms with Crippen LogP contribution in [0, 0.1) is 5.92 Å². The molecule has 1 heterocycles. The van der Waals surface area contributed by atoms with Crippen molar-refractivity contribution < 1.29 is 14.3 Å². The highest BCUT2D eigenvalue weighted by Gasteiger charge is 2.24. The molecule has 1 aromatic carbocycles. The molecule has 0 bridgehead atoms. The topological polar surface area (TPSA) is 60.5 Å². The summed E-state index contributed by atoms with van der Waals surface area (Å²) < 4.78 is 11.8. The maximum absolute atomic E-state index is 12.5. The molecule has 1 aromatic heterocycles. The zero-order valence-corrected chi connectivity index (χ0v) is 18.4. The van der Waals surface area contributed by atoms with Crippen LogP contribution < -0.4 is 10.1 Å². The number of rotatable bonds is 5. The van der Waals surface area contributed by atoms with Gasteiger partial charge in [0.15, 0.2) is 0 Å². The fourth-order valence-corrected chi connectivity index (χ4v) is 4.07. The molecular weight excluding hydrogens is 384 g/mol. The van der Waals surface area contributed by atoms with Crippen molar-refractivity contribution in [3.05, 3.63) is 59.2 Å². The Hall–Kier alpha value is -2.60. The van der Waals surface area contributed by atoms with Crippen LogP contribution in [0.2, 0.25) is 0 Å². The van der Waals surface area contributed by atoms with E-state index in [4.69, 9.17) is 14.5 Å². The molecule has 1 aliphatic rings. The predicted molar refractivity (Wildman–Crippen MR) is 118 cm³/mol. The molecule has 2 unspecified atom stereocenters. The van der Waals surface area contributed by atoms with Gasteiger partial charge >= 0.3 is 6.09 Å². The van der Waals surface area contributed by atoms with Gasteiger partial charge in [0.1, 0.15) is 16.4 Å². The quantitative estimate of drug-likeness (QED) is 0.659. The largest absolute Gasteiger partial charge is 0.497 e. The summed E-state index contributed by atoms with van der Waals surface area (Å²) in [4.78, 5) is 17.2. The van der Waals surface area contributed by atoms with Gasteiger partial charge in [0.25, 0.3) is 0 Å². The van der Waals surface area contributed by atoms with E-state index in [-0.39, 0.29) is 6.04 Å². The van der Waals surface area contributed by atoms with Crippen LogP contribution in [0.3, 0.4) is 0 Å². The van der Waals surface area contributed by atoms with Gasteiger partial charge in [0.05, 0.1) is 23.4 Å². The summed E-state index contributed by atoms with van der Waals surface area (Å²) in [6.45, 7) is 11.8. The third-order valence-corrected chi connectivity index (χ3v) is 5.73. The SMILES string of the molecule is C=C1C=C(CC(NC(=O)OC(C)(C)C)c2nc3ccc(OC)cc3s2)C=CC1C. The Bertz CT molecular complexity index is 982. The van der Waals surface area contributed by atoms with Crippen molar-refractivity contribution in [1.82, 2.24) is 10.3 Å². The molecule has 0 saturated heterocycles. The fourth-order valence-electron chi connectivity index (χ4n) is 3.02. The lowest BCUT2D eigenvalue weighted by Crippen LogP contribution is -2.35. The van der Waals surface area contributed by atoms with E-state index in [0.29, 0.717) is 12.3 Å². The highest BCUT2D eigenvalue weighted by molar-refractivity contribution is 7.18. The minimum absolute atomic E-state index is 0.301. The molecule has 154 valence electrons. The Morgan fingerprint density at radius 3 is 2.79 bits per heavy atom. The van der Waals surface area contributed by atoms with Gasteiger partial charge in [-0.25, -0.2) is 9.78 Å². The monoisotopic (exact) mass is 412 g/mol. The molecule has 1 amide bonds. The smallest absolute Gasteiger partial charge is 0.408 e. The second-order valence-corrected chi connectivity index (χ2v) is 9.29. The van der Waals surface area contributed by atoms with Crippen LogP contribution in [0.15, 0.2) is 54.2 Å². The summed E-state index contributed by atoms with van der Waals surface area (Å²) in [5, 5.41) is 3.84. The standard InChI is InChI=1S/C23H28N2O3S/c1-14-7-8-16(11-15(14)2)12-19(25-22(26)28-23(3,4)5)21-24-18-10-9-17(27-6)13-20(18)29-21/h7-11,13-14,19H,2,12H2,1,3-6H3,(H,25,26). The van der Waals surface area contributed by atoms with E-state index in [1.807, 2.05) is 39.0 Å². The maximum atomic E-state index is 12.5. The number of hydrogen-bond donors (Lipinski definition) is 1. The fraction of sp³-hybridized carbons (Fsp3) is 0.391. The van der Waals surface area contributed by atoms with E-state index in [1.54, 1.807) is 18.4 Å².